The molecule has 2 amide bonds. The monoisotopic (exact) mass is 342 g/mol. The molecular weight excluding hydrogens is 328 g/mol. The summed E-state index contributed by atoms with van der Waals surface area (Å²) in [6.45, 7) is 1.21. The molecule has 1 aromatic rings. The fourth-order valence-electron chi connectivity index (χ4n) is 1.95. The first-order valence-corrected chi connectivity index (χ1v) is 6.92. The van der Waals surface area contributed by atoms with Gasteiger partial charge < -0.3 is 20.1 Å². The summed E-state index contributed by atoms with van der Waals surface area (Å²) in [5.41, 5.74) is 0.693. The van der Waals surface area contributed by atoms with Crippen LogP contribution >= 0.6 is 15.9 Å². The van der Waals surface area contributed by atoms with E-state index < -0.39 is 5.97 Å². The Bertz CT molecular complexity index is 529. The zero-order chi connectivity index (χ0) is 14.7. The number of rotatable bonds is 3. The Labute approximate surface area is 124 Å². The van der Waals surface area contributed by atoms with E-state index in [1.807, 2.05) is 0 Å². The molecular formula is C13H15BrN2O4. The smallest absolute Gasteiger partial charge is 0.335 e. The van der Waals surface area contributed by atoms with Gasteiger partial charge in [-0.05, 0) is 40.5 Å². The molecule has 1 atom stereocenters. The normalized spacial score (nSPS) is 17.8. The first-order chi connectivity index (χ1) is 9.49. The molecule has 2 N–H and O–H groups in total. The molecule has 6 nitrogen and oxygen atoms in total. The van der Waals surface area contributed by atoms with E-state index >= 15 is 0 Å². The molecule has 1 unspecified atom stereocenters. The number of carboxylic acids is 1. The molecule has 1 aliphatic rings. The molecule has 0 aliphatic carbocycles. The van der Waals surface area contributed by atoms with E-state index in [0.29, 0.717) is 23.4 Å². The van der Waals surface area contributed by atoms with E-state index in [1.165, 1.54) is 12.1 Å². The average molecular weight is 343 g/mol. The first-order valence-electron chi connectivity index (χ1n) is 6.13. The highest BCUT2D eigenvalue weighted by molar-refractivity contribution is 9.10. The number of nitrogens with one attached hydrogen (secondary N) is 1. The first kappa shape index (κ1) is 14.8. The number of hydrogen-bond donors (Lipinski definition) is 2. The highest BCUT2D eigenvalue weighted by atomic mass is 79.9. The van der Waals surface area contributed by atoms with Crippen LogP contribution < -0.4 is 5.32 Å². The summed E-state index contributed by atoms with van der Waals surface area (Å²) in [4.78, 5) is 24.5. The summed E-state index contributed by atoms with van der Waals surface area (Å²) in [5, 5.41) is 11.6. The third-order valence-corrected chi connectivity index (χ3v) is 3.89. The van der Waals surface area contributed by atoms with Crippen molar-refractivity contribution in [1.29, 1.82) is 0 Å². The van der Waals surface area contributed by atoms with Crippen LogP contribution in [-0.4, -0.2) is 48.3 Å². The molecule has 0 aromatic heterocycles. The van der Waals surface area contributed by atoms with Gasteiger partial charge in [0.1, 0.15) is 0 Å². The number of likely N-dealkylation sites (N-methyl/N-ethyl adjacent to an activating group) is 1. The van der Waals surface area contributed by atoms with E-state index in [-0.39, 0.29) is 17.6 Å². The Hall–Kier alpha value is -1.60. The third kappa shape index (κ3) is 3.29. The van der Waals surface area contributed by atoms with Crippen LogP contribution in [0.1, 0.15) is 16.8 Å². The van der Waals surface area contributed by atoms with Gasteiger partial charge in [-0.2, -0.15) is 0 Å². The molecule has 1 fully saturated rings. The van der Waals surface area contributed by atoms with Crippen LogP contribution in [0.5, 0.6) is 0 Å². The SMILES string of the molecule is CN(C(=O)Nc1ccc(C(=O)O)cc1Br)C1CCOC1. The van der Waals surface area contributed by atoms with Crippen molar-refractivity contribution in [2.75, 3.05) is 25.6 Å². The maximum Gasteiger partial charge on any atom is 0.335 e. The summed E-state index contributed by atoms with van der Waals surface area (Å²) < 4.78 is 5.78. The molecule has 0 spiro atoms. The minimum Gasteiger partial charge on any atom is -0.478 e. The lowest BCUT2D eigenvalue weighted by molar-refractivity contribution is 0.0697. The van der Waals surface area contributed by atoms with E-state index in [2.05, 4.69) is 21.2 Å². The molecule has 7 heteroatoms. The van der Waals surface area contributed by atoms with E-state index in [4.69, 9.17) is 9.84 Å². The number of halogens is 1. The fraction of sp³-hybridized carbons (Fsp3) is 0.385. The van der Waals surface area contributed by atoms with Crippen LogP contribution in [0.3, 0.4) is 0 Å². The number of amides is 2. The lowest BCUT2D eigenvalue weighted by atomic mass is 10.2. The van der Waals surface area contributed by atoms with Crippen LogP contribution in [0.15, 0.2) is 22.7 Å². The van der Waals surface area contributed by atoms with Crippen LogP contribution in [-0.2, 0) is 4.74 Å². The summed E-state index contributed by atoms with van der Waals surface area (Å²) in [6, 6.07) is 4.29. The van der Waals surface area contributed by atoms with Gasteiger partial charge in [0.25, 0.3) is 0 Å². The number of benzene rings is 1. The second-order valence-corrected chi connectivity index (χ2v) is 5.41. The zero-order valence-electron chi connectivity index (χ0n) is 10.9. The van der Waals surface area contributed by atoms with Crippen molar-refractivity contribution in [3.63, 3.8) is 0 Å². The standard InChI is InChI=1S/C13H15BrN2O4/c1-16(9-4-5-20-7-9)13(19)15-11-3-2-8(12(17)18)6-10(11)14/h2-3,6,9H,4-5,7H2,1H3,(H,15,19)(H,17,18). The highest BCUT2D eigenvalue weighted by Crippen LogP contribution is 2.24. The molecule has 1 heterocycles. The number of urea groups is 1. The van der Waals surface area contributed by atoms with Gasteiger partial charge in [0.15, 0.2) is 0 Å². The van der Waals surface area contributed by atoms with Crippen molar-refractivity contribution in [1.82, 2.24) is 4.90 Å². The quantitative estimate of drug-likeness (QED) is 0.883. The Balaban J connectivity index is 2.05. The maximum atomic E-state index is 12.1. The van der Waals surface area contributed by atoms with Crippen LogP contribution in [0.25, 0.3) is 0 Å². The van der Waals surface area contributed by atoms with Crippen LogP contribution in [0.2, 0.25) is 0 Å². The lowest BCUT2D eigenvalue weighted by Crippen LogP contribution is -2.40. The average Bonchev–Trinajstić information content (AvgIpc) is 2.93. The number of carbonyl (C=O) groups is 2. The third-order valence-electron chi connectivity index (χ3n) is 3.23. The minimum absolute atomic E-state index is 0.0760. The Morgan fingerprint density at radius 1 is 1.50 bits per heavy atom. The predicted octanol–water partition coefficient (Wildman–Crippen LogP) is 2.40. The van der Waals surface area contributed by atoms with Gasteiger partial charge in [-0.15, -0.1) is 0 Å². The Kier molecular flexibility index (Phi) is 4.61. The minimum atomic E-state index is -1.01. The summed E-state index contributed by atoms with van der Waals surface area (Å²) >= 11 is 3.26. The van der Waals surface area contributed by atoms with Crippen molar-refractivity contribution < 1.29 is 19.4 Å². The molecule has 0 bridgehead atoms. The van der Waals surface area contributed by atoms with Crippen molar-refractivity contribution in [2.24, 2.45) is 0 Å². The van der Waals surface area contributed by atoms with Crippen molar-refractivity contribution in [3.05, 3.63) is 28.2 Å². The molecule has 1 saturated heterocycles. The molecule has 108 valence electrons. The van der Waals surface area contributed by atoms with E-state index in [1.54, 1.807) is 18.0 Å². The number of carbonyl (C=O) groups excluding carboxylic acids is 1. The second-order valence-electron chi connectivity index (χ2n) is 4.56. The number of carboxylic acid groups (broad SMARTS) is 1. The number of ether oxygens (including phenoxy) is 1. The summed E-state index contributed by atoms with van der Waals surface area (Å²) in [6.07, 6.45) is 0.822. The molecule has 1 aliphatic heterocycles. The largest absolute Gasteiger partial charge is 0.478 e. The van der Waals surface area contributed by atoms with E-state index in [9.17, 15) is 9.59 Å². The van der Waals surface area contributed by atoms with Crippen molar-refractivity contribution in [2.45, 2.75) is 12.5 Å². The van der Waals surface area contributed by atoms with Gasteiger partial charge in [0.05, 0.1) is 23.9 Å². The topological polar surface area (TPSA) is 78.9 Å². The Morgan fingerprint density at radius 3 is 2.80 bits per heavy atom. The maximum absolute atomic E-state index is 12.1. The molecule has 2 rings (SSSR count). The van der Waals surface area contributed by atoms with E-state index in [0.717, 1.165) is 6.42 Å². The summed E-state index contributed by atoms with van der Waals surface area (Å²) in [5.74, 6) is -1.01. The van der Waals surface area contributed by atoms with Gasteiger partial charge in [0, 0.05) is 18.1 Å². The molecule has 0 radical (unpaired) electrons. The van der Waals surface area contributed by atoms with Gasteiger partial charge >= 0.3 is 12.0 Å². The number of aromatic carboxylic acids is 1. The number of anilines is 1. The van der Waals surface area contributed by atoms with Crippen molar-refractivity contribution in [3.8, 4) is 0 Å². The molecule has 1 aromatic carbocycles. The molecule has 0 saturated carbocycles. The predicted molar refractivity (Wildman–Crippen MR) is 77.1 cm³/mol. The lowest BCUT2D eigenvalue weighted by Gasteiger charge is -2.23. The summed E-state index contributed by atoms with van der Waals surface area (Å²) in [7, 11) is 1.72. The van der Waals surface area contributed by atoms with Crippen molar-refractivity contribution >= 4 is 33.6 Å². The zero-order valence-corrected chi connectivity index (χ0v) is 12.5. The van der Waals surface area contributed by atoms with Gasteiger partial charge in [-0.25, -0.2) is 9.59 Å². The fourth-order valence-corrected chi connectivity index (χ4v) is 2.42. The van der Waals surface area contributed by atoms with Crippen LogP contribution in [0, 0.1) is 0 Å². The van der Waals surface area contributed by atoms with Gasteiger partial charge in [0.2, 0.25) is 0 Å². The van der Waals surface area contributed by atoms with Crippen LogP contribution in [0.4, 0.5) is 10.5 Å². The second kappa shape index (κ2) is 6.23. The van der Waals surface area contributed by atoms with Gasteiger partial charge in [-0.3, -0.25) is 0 Å². The number of nitrogens with zero attached hydrogens (tertiary/aromatic N) is 1. The number of hydrogen-bond acceptors (Lipinski definition) is 3. The molecule has 20 heavy (non-hydrogen) atoms. The highest BCUT2D eigenvalue weighted by Gasteiger charge is 2.24. The van der Waals surface area contributed by atoms with Gasteiger partial charge in [-0.1, -0.05) is 0 Å². The Morgan fingerprint density at radius 2 is 2.25 bits per heavy atom.